The van der Waals surface area contributed by atoms with Crippen LogP contribution in [0.3, 0.4) is 0 Å². The third-order valence-electron chi connectivity index (χ3n) is 5.06. The zero-order valence-corrected chi connectivity index (χ0v) is 15.8. The average molecular weight is 402 g/mol. The fourth-order valence-corrected chi connectivity index (χ4v) is 3.54. The normalized spacial score (nSPS) is 17.6. The molecule has 0 amide bonds. The molecule has 1 aliphatic rings. The number of hydrogen-bond acceptors (Lipinski definition) is 6. The van der Waals surface area contributed by atoms with Gasteiger partial charge in [0.25, 0.3) is 6.43 Å². The highest BCUT2D eigenvalue weighted by molar-refractivity contribution is 5.90. The van der Waals surface area contributed by atoms with E-state index in [0.29, 0.717) is 22.8 Å². The Labute approximate surface area is 165 Å². The molecule has 1 aromatic carbocycles. The van der Waals surface area contributed by atoms with E-state index in [2.05, 4.69) is 31.1 Å². The van der Waals surface area contributed by atoms with E-state index in [0.717, 1.165) is 31.3 Å². The molecule has 2 aromatic heterocycles. The van der Waals surface area contributed by atoms with Crippen molar-refractivity contribution >= 4 is 22.4 Å². The molecule has 152 valence electrons. The van der Waals surface area contributed by atoms with Gasteiger partial charge in [-0.25, -0.2) is 18.2 Å². The number of hydrogen-bond donors (Lipinski definition) is 3. The van der Waals surface area contributed by atoms with Gasteiger partial charge in [-0.3, -0.25) is 0 Å². The van der Waals surface area contributed by atoms with Crippen molar-refractivity contribution in [2.75, 3.05) is 23.7 Å². The third kappa shape index (κ3) is 4.09. The van der Waals surface area contributed by atoms with Crippen LogP contribution in [0.25, 0.3) is 11.0 Å². The summed E-state index contributed by atoms with van der Waals surface area (Å²) in [5.74, 6) is -0.900. The summed E-state index contributed by atoms with van der Waals surface area (Å²) >= 11 is 0. The van der Waals surface area contributed by atoms with Gasteiger partial charge in [-0.1, -0.05) is 18.2 Å². The lowest BCUT2D eigenvalue weighted by Gasteiger charge is -2.19. The molecule has 3 aromatic rings. The predicted molar refractivity (Wildman–Crippen MR) is 106 cm³/mol. The fourth-order valence-electron chi connectivity index (χ4n) is 3.54. The molecule has 0 bridgehead atoms. The molecule has 9 heteroatoms. The highest BCUT2D eigenvalue weighted by atomic mass is 19.3. The van der Waals surface area contributed by atoms with Crippen molar-refractivity contribution < 1.29 is 13.2 Å². The van der Waals surface area contributed by atoms with Gasteiger partial charge in [0.05, 0.1) is 35.4 Å². The molecular weight excluding hydrogens is 381 g/mol. The summed E-state index contributed by atoms with van der Waals surface area (Å²) in [5, 5.41) is 18.6. The van der Waals surface area contributed by atoms with Crippen LogP contribution in [0.4, 0.5) is 24.5 Å². The molecule has 29 heavy (non-hydrogen) atoms. The van der Waals surface area contributed by atoms with Gasteiger partial charge in [0, 0.05) is 23.5 Å². The Balaban J connectivity index is 1.62. The van der Waals surface area contributed by atoms with Crippen LogP contribution < -0.4 is 16.0 Å². The molecule has 0 saturated carbocycles. The van der Waals surface area contributed by atoms with Gasteiger partial charge >= 0.3 is 0 Å². The summed E-state index contributed by atoms with van der Waals surface area (Å²) in [5.41, 5.74) is 1.45. The van der Waals surface area contributed by atoms with Crippen molar-refractivity contribution in [3.63, 3.8) is 0 Å². The smallest absolute Gasteiger partial charge is 0.266 e. The standard InChI is InChI=1S/C20H21F3N6/c1-11(14-3-2-4-15(18(14)21)19(22)23)27-17-10-26-29-20-16(17)7-13(9-25-20)28-12-5-6-24-8-12/h2-4,7,9-12,19,24,28H,5-6,8H2,1H3,(H,25,27,29)/t11-,12?/m1/s1. The molecule has 1 unspecified atom stereocenters. The third-order valence-corrected chi connectivity index (χ3v) is 5.06. The first-order chi connectivity index (χ1) is 14.0. The van der Waals surface area contributed by atoms with Crippen molar-refractivity contribution in [3.8, 4) is 0 Å². The van der Waals surface area contributed by atoms with E-state index in [1.54, 1.807) is 13.1 Å². The molecule has 3 heterocycles. The molecule has 3 N–H and O–H groups in total. The zero-order chi connectivity index (χ0) is 20.4. The van der Waals surface area contributed by atoms with Crippen LogP contribution in [0.5, 0.6) is 0 Å². The van der Waals surface area contributed by atoms with Crippen LogP contribution in [0, 0.1) is 5.82 Å². The van der Waals surface area contributed by atoms with E-state index in [4.69, 9.17) is 0 Å². The molecule has 2 atom stereocenters. The Bertz CT molecular complexity index is 1010. The van der Waals surface area contributed by atoms with Gasteiger partial charge in [-0.2, -0.15) is 5.10 Å². The van der Waals surface area contributed by atoms with Gasteiger partial charge in [0.1, 0.15) is 5.82 Å². The molecule has 0 spiro atoms. The second-order valence-corrected chi connectivity index (χ2v) is 7.10. The summed E-state index contributed by atoms with van der Waals surface area (Å²) < 4.78 is 40.5. The number of fused-ring (bicyclic) bond motifs is 1. The molecule has 1 fully saturated rings. The van der Waals surface area contributed by atoms with Crippen LogP contribution >= 0.6 is 0 Å². The summed E-state index contributed by atoms with van der Waals surface area (Å²) in [6.45, 7) is 3.56. The van der Waals surface area contributed by atoms with Gasteiger partial charge < -0.3 is 16.0 Å². The van der Waals surface area contributed by atoms with E-state index in [1.807, 2.05) is 6.07 Å². The Kier molecular flexibility index (Phi) is 5.48. The van der Waals surface area contributed by atoms with Crippen LogP contribution in [0.15, 0.2) is 36.7 Å². The largest absolute Gasteiger partial charge is 0.380 e. The first-order valence-corrected chi connectivity index (χ1v) is 9.44. The van der Waals surface area contributed by atoms with Crippen LogP contribution in [0.1, 0.15) is 36.9 Å². The first-order valence-electron chi connectivity index (χ1n) is 9.44. The number of alkyl halides is 2. The summed E-state index contributed by atoms with van der Waals surface area (Å²) in [6.07, 6.45) is 1.38. The maximum Gasteiger partial charge on any atom is 0.266 e. The van der Waals surface area contributed by atoms with E-state index >= 15 is 0 Å². The second-order valence-electron chi connectivity index (χ2n) is 7.10. The Morgan fingerprint density at radius 2 is 2.03 bits per heavy atom. The summed E-state index contributed by atoms with van der Waals surface area (Å²) in [7, 11) is 0. The number of halogens is 3. The predicted octanol–water partition coefficient (Wildman–Crippen LogP) is 4.05. The zero-order valence-electron chi connectivity index (χ0n) is 15.8. The highest BCUT2D eigenvalue weighted by Gasteiger charge is 2.20. The van der Waals surface area contributed by atoms with Crippen molar-refractivity contribution in [3.05, 3.63) is 53.6 Å². The van der Waals surface area contributed by atoms with E-state index in [1.165, 1.54) is 18.3 Å². The minimum absolute atomic E-state index is 0.159. The highest BCUT2D eigenvalue weighted by Crippen LogP contribution is 2.31. The van der Waals surface area contributed by atoms with E-state index in [9.17, 15) is 13.2 Å². The molecule has 6 nitrogen and oxygen atoms in total. The summed E-state index contributed by atoms with van der Waals surface area (Å²) in [4.78, 5) is 4.35. The van der Waals surface area contributed by atoms with Crippen LogP contribution in [0.2, 0.25) is 0 Å². The van der Waals surface area contributed by atoms with Crippen molar-refractivity contribution in [1.82, 2.24) is 20.5 Å². The fraction of sp³-hybridized carbons (Fsp3) is 0.350. The maximum atomic E-state index is 14.5. The number of benzene rings is 1. The Morgan fingerprint density at radius 3 is 2.79 bits per heavy atom. The second kappa shape index (κ2) is 8.20. The Morgan fingerprint density at radius 1 is 1.21 bits per heavy atom. The van der Waals surface area contributed by atoms with Gasteiger partial charge in [0.2, 0.25) is 0 Å². The number of aromatic nitrogens is 3. The van der Waals surface area contributed by atoms with Crippen molar-refractivity contribution in [2.24, 2.45) is 0 Å². The Hall–Kier alpha value is -2.94. The van der Waals surface area contributed by atoms with Gasteiger partial charge in [0.15, 0.2) is 5.65 Å². The summed E-state index contributed by atoms with van der Waals surface area (Å²) in [6, 6.07) is 5.70. The molecule has 1 aliphatic heterocycles. The van der Waals surface area contributed by atoms with E-state index < -0.39 is 23.8 Å². The molecule has 4 rings (SSSR count). The number of anilines is 2. The maximum absolute atomic E-state index is 14.5. The first kappa shape index (κ1) is 19.4. The SMILES string of the molecule is C[C@@H](Nc1cnnc2ncc(NC3CCNC3)cc12)c1cccc(C(F)F)c1F. The molecular formula is C20H21F3N6. The number of nitrogens with zero attached hydrogens (tertiary/aromatic N) is 3. The minimum Gasteiger partial charge on any atom is -0.380 e. The lowest BCUT2D eigenvalue weighted by Crippen LogP contribution is -2.22. The minimum atomic E-state index is -2.87. The number of rotatable bonds is 6. The number of pyridine rings is 1. The molecule has 1 saturated heterocycles. The number of nitrogens with one attached hydrogen (secondary N) is 3. The monoisotopic (exact) mass is 402 g/mol. The molecule has 0 radical (unpaired) electrons. The molecule has 0 aliphatic carbocycles. The average Bonchev–Trinajstić information content (AvgIpc) is 3.21. The van der Waals surface area contributed by atoms with Gasteiger partial charge in [-0.05, 0) is 26.0 Å². The topological polar surface area (TPSA) is 74.8 Å². The van der Waals surface area contributed by atoms with Crippen LogP contribution in [-0.2, 0) is 0 Å². The quantitative estimate of drug-likeness (QED) is 0.578. The van der Waals surface area contributed by atoms with Crippen LogP contribution in [-0.4, -0.2) is 34.3 Å². The lowest BCUT2D eigenvalue weighted by molar-refractivity contribution is 0.146. The van der Waals surface area contributed by atoms with Crippen molar-refractivity contribution in [1.29, 1.82) is 0 Å². The van der Waals surface area contributed by atoms with E-state index in [-0.39, 0.29) is 5.56 Å². The van der Waals surface area contributed by atoms with Gasteiger partial charge in [-0.15, -0.1) is 5.10 Å². The lowest BCUT2D eigenvalue weighted by atomic mass is 10.0. The van der Waals surface area contributed by atoms with Crippen molar-refractivity contribution in [2.45, 2.75) is 31.9 Å².